The third-order valence-electron chi connectivity index (χ3n) is 5.77. The van der Waals surface area contributed by atoms with Crippen LogP contribution in [0.5, 0.6) is 5.75 Å². The number of alkyl halides is 3. The first-order valence-corrected chi connectivity index (χ1v) is 9.76. The Labute approximate surface area is 184 Å². The van der Waals surface area contributed by atoms with Gasteiger partial charge in [0.25, 0.3) is 17.6 Å². The van der Waals surface area contributed by atoms with Crippen LogP contribution in [0, 0.1) is 18.6 Å². The fourth-order valence-electron chi connectivity index (χ4n) is 3.65. The van der Waals surface area contributed by atoms with Crippen LogP contribution in [0.1, 0.15) is 45.8 Å². The zero-order valence-corrected chi connectivity index (χ0v) is 17.8. The highest BCUT2D eigenvalue weighted by Crippen LogP contribution is 2.45. The molecule has 1 heterocycles. The minimum atomic E-state index is -4.73. The molecule has 1 aromatic heterocycles. The molecule has 1 aliphatic rings. The molecule has 0 atom stereocenters. The minimum absolute atomic E-state index is 0.0908. The zero-order valence-electron chi connectivity index (χ0n) is 17.8. The van der Waals surface area contributed by atoms with Gasteiger partial charge in [0.2, 0.25) is 0 Å². The van der Waals surface area contributed by atoms with Crippen LogP contribution in [0.2, 0.25) is 0 Å². The van der Waals surface area contributed by atoms with E-state index in [1.165, 1.54) is 14.0 Å². The van der Waals surface area contributed by atoms with Gasteiger partial charge in [-0.05, 0) is 38.3 Å². The van der Waals surface area contributed by atoms with E-state index in [2.05, 4.69) is 5.32 Å². The second-order valence-electron chi connectivity index (χ2n) is 7.70. The number of ether oxygens (including phenoxy) is 1. The number of anilines is 1. The van der Waals surface area contributed by atoms with Crippen molar-refractivity contribution < 1.29 is 41.1 Å². The third-order valence-corrected chi connectivity index (χ3v) is 5.77. The van der Waals surface area contributed by atoms with Crippen molar-refractivity contribution in [2.45, 2.75) is 37.9 Å². The molecule has 1 saturated carbocycles. The van der Waals surface area contributed by atoms with Gasteiger partial charge in [0, 0.05) is 24.5 Å². The maximum atomic E-state index is 13.4. The summed E-state index contributed by atoms with van der Waals surface area (Å²) in [5, 5.41) is 4.12. The number of rotatable bonds is 6. The number of amides is 2. The predicted octanol–water partition coefficient (Wildman–Crippen LogP) is 3.66. The van der Waals surface area contributed by atoms with Crippen LogP contribution in [0.15, 0.2) is 18.2 Å². The number of nitrogens with one attached hydrogen (secondary N) is 2. The van der Waals surface area contributed by atoms with Crippen molar-refractivity contribution in [2.75, 3.05) is 12.4 Å². The summed E-state index contributed by atoms with van der Waals surface area (Å²) in [5.74, 6) is -6.34. The Hall–Kier alpha value is -3.44. The van der Waals surface area contributed by atoms with Gasteiger partial charge in [0.15, 0.2) is 17.4 Å². The highest BCUT2D eigenvalue weighted by atomic mass is 19.4. The monoisotopic (exact) mass is 473 g/mol. The predicted molar refractivity (Wildman–Crippen MR) is 106 cm³/mol. The standard InChI is InChI=1S/C21H20F5N3O4/c1-10-14(18(31)27-11-5-6-12(22)13(23)9-11)17(33-3)15(29(10)2)16(30)19(32)28-20(7-4-8-20)21(24,25)26/h5-6,9H,4,7-8H2,1-3H3,(H,27,31)(H,28,32). The van der Waals surface area contributed by atoms with Crippen molar-refractivity contribution in [3.63, 3.8) is 0 Å². The lowest BCUT2D eigenvalue weighted by atomic mass is 9.76. The Morgan fingerprint density at radius 3 is 2.24 bits per heavy atom. The number of methoxy groups -OCH3 is 1. The summed E-state index contributed by atoms with van der Waals surface area (Å²) in [6.45, 7) is 1.42. The average molecular weight is 473 g/mol. The molecule has 1 aliphatic carbocycles. The number of aromatic nitrogens is 1. The molecule has 1 fully saturated rings. The van der Waals surface area contributed by atoms with Gasteiger partial charge in [-0.1, -0.05) is 0 Å². The van der Waals surface area contributed by atoms with E-state index in [1.54, 1.807) is 5.32 Å². The molecule has 2 amide bonds. The van der Waals surface area contributed by atoms with Gasteiger partial charge in [-0.15, -0.1) is 0 Å². The fourth-order valence-corrected chi connectivity index (χ4v) is 3.65. The summed E-state index contributed by atoms with van der Waals surface area (Å²) in [7, 11) is 2.44. The van der Waals surface area contributed by atoms with E-state index in [1.807, 2.05) is 0 Å². The molecule has 33 heavy (non-hydrogen) atoms. The Bertz CT molecular complexity index is 1140. The minimum Gasteiger partial charge on any atom is -0.493 e. The average Bonchev–Trinajstić information content (AvgIpc) is 2.96. The Morgan fingerprint density at radius 2 is 1.76 bits per heavy atom. The molecular formula is C21H20F5N3O4. The number of ketones is 1. The molecule has 1 aromatic carbocycles. The zero-order chi connectivity index (χ0) is 24.7. The summed E-state index contributed by atoms with van der Waals surface area (Å²) in [5.41, 5.74) is -3.04. The van der Waals surface area contributed by atoms with Gasteiger partial charge in [-0.3, -0.25) is 14.4 Å². The van der Waals surface area contributed by atoms with E-state index < -0.39 is 46.6 Å². The van der Waals surface area contributed by atoms with Crippen molar-refractivity contribution in [3.05, 3.63) is 46.8 Å². The lowest BCUT2D eigenvalue weighted by molar-refractivity contribution is -0.218. The molecule has 3 rings (SSSR count). The summed E-state index contributed by atoms with van der Waals surface area (Å²) in [6, 6.07) is 2.65. The summed E-state index contributed by atoms with van der Waals surface area (Å²) in [6.07, 6.45) is -5.18. The van der Waals surface area contributed by atoms with Crippen LogP contribution < -0.4 is 15.4 Å². The SMILES string of the molecule is COc1c(C(=O)Nc2ccc(F)c(F)c2)c(C)n(C)c1C(=O)C(=O)NC1(C(F)(F)F)CCC1. The number of carbonyl (C=O) groups excluding carboxylic acids is 3. The number of carbonyl (C=O) groups is 3. The normalized spacial score (nSPS) is 14.9. The van der Waals surface area contributed by atoms with E-state index >= 15 is 0 Å². The second-order valence-corrected chi connectivity index (χ2v) is 7.70. The van der Waals surface area contributed by atoms with Crippen molar-refractivity contribution in [1.82, 2.24) is 9.88 Å². The van der Waals surface area contributed by atoms with Crippen molar-refractivity contribution >= 4 is 23.3 Å². The van der Waals surface area contributed by atoms with Crippen LogP contribution in [-0.2, 0) is 11.8 Å². The quantitative estimate of drug-likeness (QED) is 0.381. The van der Waals surface area contributed by atoms with Gasteiger partial charge in [0.05, 0.1) is 7.11 Å². The number of hydrogen-bond acceptors (Lipinski definition) is 4. The van der Waals surface area contributed by atoms with Crippen LogP contribution in [-0.4, -0.2) is 41.0 Å². The molecule has 0 spiro atoms. The van der Waals surface area contributed by atoms with Gasteiger partial charge in [0.1, 0.15) is 16.8 Å². The molecule has 7 nitrogen and oxygen atoms in total. The van der Waals surface area contributed by atoms with Crippen molar-refractivity contribution in [2.24, 2.45) is 7.05 Å². The molecular weight excluding hydrogens is 453 g/mol. The van der Waals surface area contributed by atoms with Crippen LogP contribution in [0.4, 0.5) is 27.6 Å². The number of hydrogen-bond donors (Lipinski definition) is 2. The van der Waals surface area contributed by atoms with Gasteiger partial charge >= 0.3 is 6.18 Å². The van der Waals surface area contributed by atoms with Crippen molar-refractivity contribution in [3.8, 4) is 5.75 Å². The molecule has 12 heteroatoms. The first kappa shape index (κ1) is 24.2. The Balaban J connectivity index is 1.93. The highest BCUT2D eigenvalue weighted by Gasteiger charge is 2.59. The molecule has 178 valence electrons. The first-order valence-electron chi connectivity index (χ1n) is 9.76. The van der Waals surface area contributed by atoms with E-state index in [0.717, 1.165) is 29.9 Å². The third kappa shape index (κ3) is 4.16. The van der Waals surface area contributed by atoms with Crippen LogP contribution in [0.25, 0.3) is 0 Å². The molecule has 2 N–H and O–H groups in total. The van der Waals surface area contributed by atoms with E-state index in [-0.39, 0.29) is 42.0 Å². The molecule has 0 saturated heterocycles. The van der Waals surface area contributed by atoms with E-state index in [9.17, 15) is 36.3 Å². The number of benzene rings is 1. The summed E-state index contributed by atoms with van der Waals surface area (Å²) >= 11 is 0. The van der Waals surface area contributed by atoms with Gasteiger partial charge in [-0.25, -0.2) is 8.78 Å². The van der Waals surface area contributed by atoms with Crippen molar-refractivity contribution in [1.29, 1.82) is 0 Å². The maximum Gasteiger partial charge on any atom is 0.411 e. The lowest BCUT2D eigenvalue weighted by Gasteiger charge is -2.43. The summed E-state index contributed by atoms with van der Waals surface area (Å²) < 4.78 is 73.0. The fraction of sp³-hybridized carbons (Fsp3) is 0.381. The van der Waals surface area contributed by atoms with E-state index in [0.29, 0.717) is 0 Å². The van der Waals surface area contributed by atoms with Gasteiger partial charge in [-0.2, -0.15) is 13.2 Å². The topological polar surface area (TPSA) is 89.4 Å². The Morgan fingerprint density at radius 1 is 1.12 bits per heavy atom. The van der Waals surface area contributed by atoms with E-state index in [4.69, 9.17) is 4.74 Å². The lowest BCUT2D eigenvalue weighted by Crippen LogP contribution is -2.64. The molecule has 2 aromatic rings. The van der Waals surface area contributed by atoms with Crippen LogP contribution in [0.3, 0.4) is 0 Å². The maximum absolute atomic E-state index is 13.4. The number of nitrogens with zero attached hydrogens (tertiary/aromatic N) is 1. The molecule has 0 bridgehead atoms. The smallest absolute Gasteiger partial charge is 0.411 e. The molecule has 0 radical (unpaired) electrons. The second kappa shape index (κ2) is 8.49. The highest BCUT2D eigenvalue weighted by molar-refractivity contribution is 6.43. The number of Topliss-reactive ketones (excluding diaryl/α,β-unsaturated/α-hetero) is 1. The van der Waals surface area contributed by atoms with Crippen LogP contribution >= 0.6 is 0 Å². The molecule has 0 aliphatic heterocycles. The number of halogens is 5. The largest absolute Gasteiger partial charge is 0.493 e. The first-order chi connectivity index (χ1) is 15.3. The van der Waals surface area contributed by atoms with Gasteiger partial charge < -0.3 is 19.9 Å². The molecule has 0 unspecified atom stereocenters. The Kier molecular flexibility index (Phi) is 6.22. The summed E-state index contributed by atoms with van der Waals surface area (Å²) in [4.78, 5) is 38.1.